The minimum absolute atomic E-state index is 0.0366. The average molecular weight is 222 g/mol. The zero-order valence-corrected chi connectivity index (χ0v) is 9.66. The SMILES string of the molecule is C#CCC1CCC(CC)(CC(=O)O)C(=O)C1. The monoisotopic (exact) mass is 222 g/mol. The second kappa shape index (κ2) is 5.16. The molecule has 2 unspecified atom stereocenters. The number of ketones is 1. The van der Waals surface area contributed by atoms with Crippen molar-refractivity contribution in [2.45, 2.75) is 45.4 Å². The number of hydrogen-bond donors (Lipinski definition) is 1. The second-order valence-corrected chi connectivity index (χ2v) is 4.64. The molecule has 0 amide bonds. The Kier molecular flexibility index (Phi) is 4.12. The molecule has 1 rings (SSSR count). The van der Waals surface area contributed by atoms with Crippen molar-refractivity contribution >= 4 is 11.8 Å². The highest BCUT2D eigenvalue weighted by molar-refractivity contribution is 5.89. The fourth-order valence-electron chi connectivity index (χ4n) is 2.52. The van der Waals surface area contributed by atoms with Crippen molar-refractivity contribution in [3.05, 3.63) is 0 Å². The lowest BCUT2D eigenvalue weighted by molar-refractivity contribution is -0.147. The summed E-state index contributed by atoms with van der Waals surface area (Å²) in [6.07, 6.45) is 8.42. The van der Waals surface area contributed by atoms with E-state index in [1.165, 1.54) is 0 Å². The summed E-state index contributed by atoms with van der Waals surface area (Å²) in [7, 11) is 0. The Morgan fingerprint density at radius 3 is 2.81 bits per heavy atom. The maximum atomic E-state index is 12.0. The van der Waals surface area contributed by atoms with Gasteiger partial charge in [0.25, 0.3) is 0 Å². The van der Waals surface area contributed by atoms with E-state index >= 15 is 0 Å². The van der Waals surface area contributed by atoms with Gasteiger partial charge in [-0.2, -0.15) is 0 Å². The van der Waals surface area contributed by atoms with E-state index in [0.717, 1.165) is 6.42 Å². The highest BCUT2D eigenvalue weighted by Crippen LogP contribution is 2.42. The van der Waals surface area contributed by atoms with E-state index in [2.05, 4.69) is 5.92 Å². The lowest BCUT2D eigenvalue weighted by atomic mass is 9.66. The molecule has 0 aliphatic heterocycles. The normalized spacial score (nSPS) is 29.8. The van der Waals surface area contributed by atoms with Gasteiger partial charge in [0.2, 0.25) is 0 Å². The van der Waals surface area contributed by atoms with Crippen molar-refractivity contribution in [2.24, 2.45) is 11.3 Å². The van der Waals surface area contributed by atoms with Crippen molar-refractivity contribution in [3.8, 4) is 12.3 Å². The van der Waals surface area contributed by atoms with Crippen LogP contribution in [0.5, 0.6) is 0 Å². The zero-order valence-electron chi connectivity index (χ0n) is 9.66. The molecule has 16 heavy (non-hydrogen) atoms. The molecule has 0 saturated heterocycles. The van der Waals surface area contributed by atoms with Crippen molar-refractivity contribution in [1.29, 1.82) is 0 Å². The van der Waals surface area contributed by atoms with E-state index in [1.54, 1.807) is 0 Å². The van der Waals surface area contributed by atoms with Crippen LogP contribution in [-0.4, -0.2) is 16.9 Å². The van der Waals surface area contributed by atoms with E-state index in [0.29, 0.717) is 25.7 Å². The van der Waals surface area contributed by atoms with Crippen LogP contribution in [-0.2, 0) is 9.59 Å². The zero-order chi connectivity index (χ0) is 12.2. The van der Waals surface area contributed by atoms with E-state index in [4.69, 9.17) is 11.5 Å². The van der Waals surface area contributed by atoms with Gasteiger partial charge in [0, 0.05) is 18.3 Å². The van der Waals surface area contributed by atoms with Gasteiger partial charge in [0.1, 0.15) is 5.78 Å². The molecule has 3 nitrogen and oxygen atoms in total. The third-order valence-electron chi connectivity index (χ3n) is 3.67. The average Bonchev–Trinajstić information content (AvgIpc) is 2.22. The molecule has 0 spiro atoms. The molecular formula is C13H18O3. The fourth-order valence-corrected chi connectivity index (χ4v) is 2.52. The van der Waals surface area contributed by atoms with Gasteiger partial charge in [-0.3, -0.25) is 9.59 Å². The third-order valence-corrected chi connectivity index (χ3v) is 3.67. The molecule has 0 bridgehead atoms. The number of carbonyl (C=O) groups is 2. The third kappa shape index (κ3) is 2.63. The van der Waals surface area contributed by atoms with Gasteiger partial charge < -0.3 is 5.11 Å². The molecule has 1 aliphatic rings. The molecule has 0 radical (unpaired) electrons. The topological polar surface area (TPSA) is 54.4 Å². The minimum atomic E-state index is -0.884. The Bertz CT molecular complexity index is 327. The number of rotatable bonds is 4. The van der Waals surface area contributed by atoms with Gasteiger partial charge in [-0.05, 0) is 25.2 Å². The van der Waals surface area contributed by atoms with Crippen LogP contribution < -0.4 is 0 Å². The van der Waals surface area contributed by atoms with Crippen LogP contribution in [0.15, 0.2) is 0 Å². The molecule has 0 aromatic rings. The fraction of sp³-hybridized carbons (Fsp3) is 0.692. The van der Waals surface area contributed by atoms with Gasteiger partial charge in [-0.25, -0.2) is 0 Å². The summed E-state index contributed by atoms with van der Waals surface area (Å²) in [6, 6.07) is 0. The number of terminal acetylenes is 1. The molecule has 0 aromatic heterocycles. The summed E-state index contributed by atoms with van der Waals surface area (Å²) in [4.78, 5) is 22.8. The predicted molar refractivity (Wildman–Crippen MR) is 60.8 cm³/mol. The summed E-state index contributed by atoms with van der Waals surface area (Å²) in [5.74, 6) is 2.03. The Hall–Kier alpha value is -1.30. The summed E-state index contributed by atoms with van der Waals surface area (Å²) < 4.78 is 0. The lowest BCUT2D eigenvalue weighted by Crippen LogP contribution is -2.38. The molecule has 1 fully saturated rings. The van der Waals surface area contributed by atoms with E-state index < -0.39 is 11.4 Å². The Morgan fingerprint density at radius 2 is 2.38 bits per heavy atom. The van der Waals surface area contributed by atoms with Crippen LogP contribution in [0.25, 0.3) is 0 Å². The molecule has 1 saturated carbocycles. The van der Waals surface area contributed by atoms with E-state index in [1.807, 2.05) is 6.92 Å². The predicted octanol–water partition coefficient (Wildman–Crippen LogP) is 2.25. The van der Waals surface area contributed by atoms with Gasteiger partial charge >= 0.3 is 5.97 Å². The Balaban J connectivity index is 2.73. The van der Waals surface area contributed by atoms with Crippen LogP contribution in [0.2, 0.25) is 0 Å². The van der Waals surface area contributed by atoms with Crippen LogP contribution >= 0.6 is 0 Å². The summed E-state index contributed by atoms with van der Waals surface area (Å²) in [5, 5.41) is 8.86. The smallest absolute Gasteiger partial charge is 0.304 e. The Morgan fingerprint density at radius 1 is 1.69 bits per heavy atom. The van der Waals surface area contributed by atoms with Crippen molar-refractivity contribution < 1.29 is 14.7 Å². The molecule has 0 heterocycles. The number of carboxylic acids is 1. The van der Waals surface area contributed by atoms with Gasteiger partial charge in [-0.1, -0.05) is 6.92 Å². The van der Waals surface area contributed by atoms with Crippen molar-refractivity contribution in [3.63, 3.8) is 0 Å². The standard InChI is InChI=1S/C13H18O3/c1-3-5-10-6-7-13(4-2,9-12(15)16)11(14)8-10/h1,10H,4-9H2,2H3,(H,15,16). The first-order valence-corrected chi connectivity index (χ1v) is 5.72. The first-order valence-electron chi connectivity index (χ1n) is 5.72. The first kappa shape index (κ1) is 12.8. The van der Waals surface area contributed by atoms with Gasteiger partial charge in [-0.15, -0.1) is 12.3 Å². The second-order valence-electron chi connectivity index (χ2n) is 4.64. The minimum Gasteiger partial charge on any atom is -0.481 e. The highest BCUT2D eigenvalue weighted by Gasteiger charge is 2.42. The maximum Gasteiger partial charge on any atom is 0.304 e. The quantitative estimate of drug-likeness (QED) is 0.742. The van der Waals surface area contributed by atoms with Crippen LogP contribution in [0.4, 0.5) is 0 Å². The number of carbonyl (C=O) groups excluding carboxylic acids is 1. The number of carboxylic acid groups (broad SMARTS) is 1. The van der Waals surface area contributed by atoms with Crippen LogP contribution in [0, 0.1) is 23.7 Å². The van der Waals surface area contributed by atoms with Gasteiger partial charge in [0.05, 0.1) is 6.42 Å². The number of hydrogen-bond acceptors (Lipinski definition) is 2. The number of aliphatic carboxylic acids is 1. The van der Waals surface area contributed by atoms with Crippen LogP contribution in [0.3, 0.4) is 0 Å². The summed E-state index contributed by atoms with van der Waals surface area (Å²) in [5.41, 5.74) is -0.628. The lowest BCUT2D eigenvalue weighted by Gasteiger charge is -2.36. The molecule has 1 aliphatic carbocycles. The summed E-state index contributed by atoms with van der Waals surface area (Å²) in [6.45, 7) is 1.89. The van der Waals surface area contributed by atoms with Crippen molar-refractivity contribution in [1.82, 2.24) is 0 Å². The van der Waals surface area contributed by atoms with E-state index in [9.17, 15) is 9.59 Å². The molecular weight excluding hydrogens is 204 g/mol. The molecule has 88 valence electrons. The van der Waals surface area contributed by atoms with Gasteiger partial charge in [0.15, 0.2) is 0 Å². The van der Waals surface area contributed by atoms with E-state index in [-0.39, 0.29) is 18.1 Å². The maximum absolute atomic E-state index is 12.0. The molecule has 3 heteroatoms. The summed E-state index contributed by atoms with van der Waals surface area (Å²) >= 11 is 0. The molecule has 1 N–H and O–H groups in total. The first-order chi connectivity index (χ1) is 7.54. The molecule has 0 aromatic carbocycles. The number of Topliss-reactive ketones (excluding diaryl/α,β-unsaturated/α-hetero) is 1. The molecule has 2 atom stereocenters. The highest BCUT2D eigenvalue weighted by atomic mass is 16.4. The largest absolute Gasteiger partial charge is 0.481 e. The van der Waals surface area contributed by atoms with Crippen molar-refractivity contribution in [2.75, 3.05) is 0 Å². The Labute approximate surface area is 96.2 Å². The van der Waals surface area contributed by atoms with Crippen LogP contribution in [0.1, 0.15) is 45.4 Å².